The summed E-state index contributed by atoms with van der Waals surface area (Å²) < 4.78 is 1.56. The van der Waals surface area contributed by atoms with Crippen molar-refractivity contribution in [3.63, 3.8) is 0 Å². The smallest absolute Gasteiger partial charge is 0.325 e. The maximum absolute atomic E-state index is 12.8. The summed E-state index contributed by atoms with van der Waals surface area (Å²) in [5.74, 6) is 1.03. The van der Waals surface area contributed by atoms with Crippen molar-refractivity contribution in [2.24, 2.45) is 0 Å². The molecular weight excluding hydrogens is 432 g/mol. The Morgan fingerprint density at radius 2 is 1.71 bits per heavy atom. The highest BCUT2D eigenvalue weighted by Gasteiger charge is 2.28. The minimum absolute atomic E-state index is 0.124. The number of benzene rings is 1. The van der Waals surface area contributed by atoms with Gasteiger partial charge in [0, 0.05) is 49.5 Å². The van der Waals surface area contributed by atoms with E-state index in [0.717, 1.165) is 42.5 Å². The van der Waals surface area contributed by atoms with Gasteiger partial charge in [0.1, 0.15) is 18.0 Å². The number of rotatable bonds is 4. The second kappa shape index (κ2) is 9.68. The highest BCUT2D eigenvalue weighted by atomic mass is 16.2. The quantitative estimate of drug-likeness (QED) is 0.548. The molecule has 10 heteroatoms. The number of carbonyl (C=O) groups is 2. The minimum Gasteiger partial charge on any atom is -0.340 e. The molecule has 2 aliphatic rings. The maximum atomic E-state index is 12.8. The van der Waals surface area contributed by atoms with Gasteiger partial charge in [-0.1, -0.05) is 0 Å². The van der Waals surface area contributed by atoms with Gasteiger partial charge in [0.25, 0.3) is 0 Å². The Hall–Kier alpha value is -3.66. The molecule has 0 radical (unpaired) electrons. The van der Waals surface area contributed by atoms with Gasteiger partial charge in [0.15, 0.2) is 0 Å². The highest BCUT2D eigenvalue weighted by molar-refractivity contribution is 5.93. The number of likely N-dealkylation sites (tertiary alicyclic amines) is 2. The summed E-state index contributed by atoms with van der Waals surface area (Å²) in [6.45, 7) is 3.92. The van der Waals surface area contributed by atoms with Crippen molar-refractivity contribution >= 4 is 40.3 Å². The van der Waals surface area contributed by atoms with Crippen molar-refractivity contribution in [2.45, 2.75) is 31.7 Å². The summed E-state index contributed by atoms with van der Waals surface area (Å²) in [6, 6.07) is 9.60. The number of hydrogen-bond donors (Lipinski definition) is 3. The number of fused-ring (bicyclic) bond motifs is 1. The van der Waals surface area contributed by atoms with E-state index in [2.05, 4.69) is 30.8 Å². The van der Waals surface area contributed by atoms with Crippen molar-refractivity contribution < 1.29 is 9.59 Å². The third-order valence-corrected chi connectivity index (χ3v) is 6.71. The van der Waals surface area contributed by atoms with Gasteiger partial charge < -0.3 is 20.4 Å². The van der Waals surface area contributed by atoms with E-state index in [1.807, 2.05) is 29.2 Å². The third-order valence-electron chi connectivity index (χ3n) is 6.71. The number of urea groups is 1. The molecule has 0 spiro atoms. The average Bonchev–Trinajstić information content (AvgIpc) is 3.54. The van der Waals surface area contributed by atoms with E-state index >= 15 is 0 Å². The monoisotopic (exact) mass is 462 g/mol. The molecule has 1 aromatic carbocycles. The number of anilines is 3. The Labute approximate surface area is 198 Å². The van der Waals surface area contributed by atoms with Gasteiger partial charge in [-0.05, 0) is 63.0 Å². The molecule has 0 atom stereocenters. The summed E-state index contributed by atoms with van der Waals surface area (Å²) in [6.07, 6.45) is 7.79. The first-order valence-electron chi connectivity index (χ1n) is 11.8. The van der Waals surface area contributed by atoms with Crippen LogP contribution < -0.4 is 16.0 Å². The fourth-order valence-corrected chi connectivity index (χ4v) is 4.89. The summed E-state index contributed by atoms with van der Waals surface area (Å²) in [4.78, 5) is 37.7. The van der Waals surface area contributed by atoms with E-state index in [1.54, 1.807) is 23.9 Å². The predicted octanol–water partition coefficient (Wildman–Crippen LogP) is 3.45. The van der Waals surface area contributed by atoms with Crippen LogP contribution in [0.3, 0.4) is 0 Å². The second-order valence-electron chi connectivity index (χ2n) is 8.82. The topological polar surface area (TPSA) is 107 Å². The molecule has 5 rings (SSSR count). The normalized spacial score (nSPS) is 17.1. The summed E-state index contributed by atoms with van der Waals surface area (Å²) in [5.41, 5.74) is 1.64. The van der Waals surface area contributed by atoms with Gasteiger partial charge in [-0.2, -0.15) is 0 Å². The second-order valence-corrected chi connectivity index (χ2v) is 8.82. The van der Waals surface area contributed by atoms with Crippen LogP contribution in [0.2, 0.25) is 0 Å². The number of amides is 3. The highest BCUT2D eigenvalue weighted by Crippen LogP contribution is 2.24. The Balaban J connectivity index is 1.20. The van der Waals surface area contributed by atoms with Crippen LogP contribution in [-0.2, 0) is 0 Å². The molecule has 0 aliphatic carbocycles. The van der Waals surface area contributed by atoms with E-state index in [4.69, 9.17) is 0 Å². The summed E-state index contributed by atoms with van der Waals surface area (Å²) in [7, 11) is 1.60. The Morgan fingerprint density at radius 1 is 0.941 bits per heavy atom. The average molecular weight is 463 g/mol. The number of aromatic nitrogens is 3. The molecule has 10 nitrogen and oxygen atoms in total. The first-order valence-corrected chi connectivity index (χ1v) is 11.8. The fourth-order valence-electron chi connectivity index (χ4n) is 4.89. The molecule has 2 aromatic heterocycles. The van der Waals surface area contributed by atoms with Crippen LogP contribution in [-0.4, -0.2) is 75.7 Å². The van der Waals surface area contributed by atoms with Crippen LogP contribution in [0.1, 0.15) is 25.7 Å². The SMILES string of the molecule is CNC(=O)n1ccc2cc(Nc3cc(NC(=O)N4CCC(N5CCCC5)CC4)ncn3)ccc21. The van der Waals surface area contributed by atoms with Gasteiger partial charge in [0.05, 0.1) is 5.52 Å². The zero-order chi connectivity index (χ0) is 23.5. The largest absolute Gasteiger partial charge is 0.340 e. The molecule has 4 heterocycles. The minimum atomic E-state index is -0.188. The predicted molar refractivity (Wildman–Crippen MR) is 132 cm³/mol. The lowest BCUT2D eigenvalue weighted by Gasteiger charge is -2.36. The molecular formula is C24H30N8O2. The maximum Gasteiger partial charge on any atom is 0.325 e. The van der Waals surface area contributed by atoms with Gasteiger partial charge in [-0.25, -0.2) is 19.6 Å². The van der Waals surface area contributed by atoms with Crippen LogP contribution in [0, 0.1) is 0 Å². The molecule has 2 saturated heterocycles. The zero-order valence-electron chi connectivity index (χ0n) is 19.3. The van der Waals surface area contributed by atoms with Gasteiger partial charge in [-0.15, -0.1) is 0 Å². The lowest BCUT2D eigenvalue weighted by molar-refractivity contribution is 0.140. The lowest BCUT2D eigenvalue weighted by Crippen LogP contribution is -2.47. The summed E-state index contributed by atoms with van der Waals surface area (Å²) >= 11 is 0. The molecule has 34 heavy (non-hydrogen) atoms. The van der Waals surface area contributed by atoms with Crippen molar-refractivity contribution in [2.75, 3.05) is 43.9 Å². The molecule has 0 saturated carbocycles. The van der Waals surface area contributed by atoms with E-state index in [9.17, 15) is 9.59 Å². The number of carbonyl (C=O) groups excluding carboxylic acids is 2. The Bertz CT molecular complexity index is 1180. The van der Waals surface area contributed by atoms with Crippen molar-refractivity contribution in [3.8, 4) is 0 Å². The van der Waals surface area contributed by atoms with Crippen LogP contribution in [0.25, 0.3) is 10.9 Å². The van der Waals surface area contributed by atoms with E-state index in [-0.39, 0.29) is 12.1 Å². The van der Waals surface area contributed by atoms with Crippen LogP contribution in [0.15, 0.2) is 42.9 Å². The lowest BCUT2D eigenvalue weighted by atomic mass is 10.0. The first kappa shape index (κ1) is 22.1. The van der Waals surface area contributed by atoms with Crippen LogP contribution in [0.5, 0.6) is 0 Å². The molecule has 3 aromatic rings. The van der Waals surface area contributed by atoms with Crippen LogP contribution in [0.4, 0.5) is 26.9 Å². The standard InChI is InChI=1S/C24H30N8O2/c1-25-23(33)32-13-6-17-14-18(4-5-20(17)32)28-21-15-22(27-16-26-21)29-24(34)31-11-7-19(8-12-31)30-9-2-3-10-30/h4-6,13-16,19H,2-3,7-12H2,1H3,(H,25,33)(H2,26,27,28,29,34). The van der Waals surface area contributed by atoms with E-state index in [0.29, 0.717) is 17.7 Å². The number of nitrogens with one attached hydrogen (secondary N) is 3. The molecule has 178 valence electrons. The Kier molecular flexibility index (Phi) is 6.31. The van der Waals surface area contributed by atoms with Crippen LogP contribution >= 0.6 is 0 Å². The van der Waals surface area contributed by atoms with Gasteiger partial charge >= 0.3 is 12.1 Å². The van der Waals surface area contributed by atoms with Crippen molar-refractivity contribution in [1.29, 1.82) is 0 Å². The molecule has 3 N–H and O–H groups in total. The molecule has 2 fully saturated rings. The fraction of sp³-hybridized carbons (Fsp3) is 0.417. The van der Waals surface area contributed by atoms with Crippen molar-refractivity contribution in [3.05, 3.63) is 42.9 Å². The molecule has 2 aliphatic heterocycles. The molecule has 0 unspecified atom stereocenters. The third kappa shape index (κ3) is 4.67. The Morgan fingerprint density at radius 3 is 2.47 bits per heavy atom. The number of nitrogens with zero attached hydrogens (tertiary/aromatic N) is 5. The van der Waals surface area contributed by atoms with Crippen molar-refractivity contribution in [1.82, 2.24) is 29.7 Å². The zero-order valence-corrected chi connectivity index (χ0v) is 19.3. The van der Waals surface area contributed by atoms with Gasteiger partial charge in [0.2, 0.25) is 0 Å². The van der Waals surface area contributed by atoms with Gasteiger partial charge in [-0.3, -0.25) is 9.88 Å². The first-order chi connectivity index (χ1) is 16.6. The molecule has 0 bridgehead atoms. The summed E-state index contributed by atoms with van der Waals surface area (Å²) in [5, 5.41) is 9.71. The number of hydrogen-bond acceptors (Lipinski definition) is 6. The van der Waals surface area contributed by atoms with E-state index in [1.165, 1.54) is 32.3 Å². The number of piperidine rings is 1. The van der Waals surface area contributed by atoms with E-state index < -0.39 is 0 Å². The molecule has 3 amide bonds.